The molecule has 2 heterocycles. The normalized spacial score (nSPS) is 11.3. The topological polar surface area (TPSA) is 42.0 Å². The van der Waals surface area contributed by atoms with Gasteiger partial charge in [0.25, 0.3) is 0 Å². The predicted molar refractivity (Wildman–Crippen MR) is 83.5 cm³/mol. The van der Waals surface area contributed by atoms with Crippen LogP contribution in [0.1, 0.15) is 32.8 Å². The first-order valence-electron chi connectivity index (χ1n) is 6.67. The fourth-order valence-electron chi connectivity index (χ4n) is 1.92. The molecule has 1 amide bonds. The van der Waals surface area contributed by atoms with Gasteiger partial charge in [-0.3, -0.25) is 9.78 Å². The molecule has 1 N–H and O–H groups in total. The molecule has 3 nitrogen and oxygen atoms in total. The second-order valence-corrected chi connectivity index (χ2v) is 6.89. The van der Waals surface area contributed by atoms with Crippen LogP contribution in [0, 0.1) is 5.41 Å². The van der Waals surface area contributed by atoms with Gasteiger partial charge in [0.05, 0.1) is 0 Å². The van der Waals surface area contributed by atoms with E-state index in [-0.39, 0.29) is 11.3 Å². The highest BCUT2D eigenvalue weighted by molar-refractivity contribution is 7.08. The summed E-state index contributed by atoms with van der Waals surface area (Å²) >= 11 is 1.67. The summed E-state index contributed by atoms with van der Waals surface area (Å²) in [5.74, 6) is 0.0819. The van der Waals surface area contributed by atoms with E-state index in [1.165, 1.54) is 5.56 Å². The lowest BCUT2D eigenvalue weighted by molar-refractivity contribution is -0.122. The van der Waals surface area contributed by atoms with Crippen LogP contribution in [0.5, 0.6) is 0 Å². The van der Waals surface area contributed by atoms with E-state index in [4.69, 9.17) is 0 Å². The highest BCUT2D eigenvalue weighted by Crippen LogP contribution is 2.22. The van der Waals surface area contributed by atoms with Crippen molar-refractivity contribution in [1.82, 2.24) is 10.3 Å². The molecule has 4 heteroatoms. The van der Waals surface area contributed by atoms with Crippen LogP contribution in [0.15, 0.2) is 35.3 Å². The Hall–Kier alpha value is -1.68. The van der Waals surface area contributed by atoms with Crippen LogP contribution in [-0.2, 0) is 11.3 Å². The number of carbonyl (C=O) groups is 1. The monoisotopic (exact) mass is 288 g/mol. The van der Waals surface area contributed by atoms with Gasteiger partial charge < -0.3 is 5.32 Å². The van der Waals surface area contributed by atoms with Gasteiger partial charge in [-0.25, -0.2) is 0 Å². The third-order valence-corrected chi connectivity index (χ3v) is 3.51. The van der Waals surface area contributed by atoms with Crippen molar-refractivity contribution in [2.75, 3.05) is 0 Å². The molecule has 0 aliphatic rings. The third-order valence-electron chi connectivity index (χ3n) is 2.83. The van der Waals surface area contributed by atoms with Gasteiger partial charge in [-0.1, -0.05) is 20.8 Å². The minimum atomic E-state index is 0.0147. The number of nitrogens with one attached hydrogen (secondary N) is 1. The zero-order chi connectivity index (χ0) is 14.6. The van der Waals surface area contributed by atoms with Crippen LogP contribution in [0.25, 0.3) is 11.1 Å². The average Bonchev–Trinajstić information content (AvgIpc) is 2.88. The fraction of sp³-hybridized carbons (Fsp3) is 0.375. The van der Waals surface area contributed by atoms with E-state index in [1.807, 2.05) is 11.6 Å². The van der Waals surface area contributed by atoms with Crippen LogP contribution < -0.4 is 5.32 Å². The largest absolute Gasteiger partial charge is 0.352 e. The first-order valence-corrected chi connectivity index (χ1v) is 7.61. The Morgan fingerprint density at radius 2 is 2.10 bits per heavy atom. The smallest absolute Gasteiger partial charge is 0.220 e. The lowest BCUT2D eigenvalue weighted by Gasteiger charge is -2.17. The summed E-state index contributed by atoms with van der Waals surface area (Å²) in [4.78, 5) is 16.1. The Kier molecular flexibility index (Phi) is 4.55. The van der Waals surface area contributed by atoms with Crippen molar-refractivity contribution in [2.24, 2.45) is 5.41 Å². The maximum atomic E-state index is 11.8. The summed E-state index contributed by atoms with van der Waals surface area (Å²) < 4.78 is 0. The van der Waals surface area contributed by atoms with Gasteiger partial charge in [0.2, 0.25) is 5.91 Å². The van der Waals surface area contributed by atoms with Crippen molar-refractivity contribution in [3.05, 3.63) is 40.8 Å². The molecule has 2 aromatic heterocycles. The van der Waals surface area contributed by atoms with Crippen LogP contribution in [0.2, 0.25) is 0 Å². The molecule has 0 spiro atoms. The van der Waals surface area contributed by atoms with Crippen molar-refractivity contribution in [3.63, 3.8) is 0 Å². The van der Waals surface area contributed by atoms with E-state index in [1.54, 1.807) is 17.5 Å². The van der Waals surface area contributed by atoms with Gasteiger partial charge >= 0.3 is 0 Å². The molecule has 0 radical (unpaired) electrons. The maximum Gasteiger partial charge on any atom is 0.220 e. The number of pyridine rings is 1. The summed E-state index contributed by atoms with van der Waals surface area (Å²) in [5.41, 5.74) is 3.30. The molecule has 0 bridgehead atoms. The molecular weight excluding hydrogens is 268 g/mol. The van der Waals surface area contributed by atoms with E-state index >= 15 is 0 Å². The van der Waals surface area contributed by atoms with Crippen molar-refractivity contribution in [2.45, 2.75) is 33.7 Å². The molecule has 20 heavy (non-hydrogen) atoms. The summed E-state index contributed by atoms with van der Waals surface area (Å²) in [6.07, 6.45) is 4.18. The third kappa shape index (κ3) is 4.46. The van der Waals surface area contributed by atoms with Gasteiger partial charge in [0.15, 0.2) is 0 Å². The molecule has 2 aromatic rings. The van der Waals surface area contributed by atoms with Crippen LogP contribution in [-0.4, -0.2) is 10.9 Å². The van der Waals surface area contributed by atoms with Gasteiger partial charge in [-0.15, -0.1) is 0 Å². The molecule has 106 valence electrons. The summed E-state index contributed by atoms with van der Waals surface area (Å²) in [6.45, 7) is 6.71. The van der Waals surface area contributed by atoms with Crippen molar-refractivity contribution < 1.29 is 4.79 Å². The molecule has 0 atom stereocenters. The van der Waals surface area contributed by atoms with Crippen LogP contribution in [0.3, 0.4) is 0 Å². The molecule has 0 aromatic carbocycles. The van der Waals surface area contributed by atoms with E-state index in [0.717, 1.165) is 11.1 Å². The Morgan fingerprint density at radius 3 is 2.75 bits per heavy atom. The van der Waals surface area contributed by atoms with Crippen molar-refractivity contribution >= 4 is 17.2 Å². The average molecular weight is 288 g/mol. The Labute approximate surface area is 124 Å². The zero-order valence-electron chi connectivity index (χ0n) is 12.1. The molecule has 0 aliphatic carbocycles. The minimum absolute atomic E-state index is 0.0147. The van der Waals surface area contributed by atoms with E-state index in [9.17, 15) is 4.79 Å². The standard InChI is InChI=1S/C16H20N2OS/c1-16(2,3)7-15(19)18-9-12-6-14(10-17-8-12)13-4-5-20-11-13/h4-6,8,10-11H,7,9H2,1-3H3,(H,18,19). The number of rotatable bonds is 4. The number of hydrogen-bond acceptors (Lipinski definition) is 3. The van der Waals surface area contributed by atoms with Crippen LogP contribution >= 0.6 is 11.3 Å². The van der Waals surface area contributed by atoms with Crippen molar-refractivity contribution in [1.29, 1.82) is 0 Å². The first-order chi connectivity index (χ1) is 9.44. The SMILES string of the molecule is CC(C)(C)CC(=O)NCc1cncc(-c2ccsc2)c1. The highest BCUT2D eigenvalue weighted by Gasteiger charge is 2.15. The van der Waals surface area contributed by atoms with E-state index < -0.39 is 0 Å². The van der Waals surface area contributed by atoms with Gasteiger partial charge in [-0.2, -0.15) is 11.3 Å². The molecule has 0 unspecified atom stereocenters. The quantitative estimate of drug-likeness (QED) is 0.928. The minimum Gasteiger partial charge on any atom is -0.352 e. The van der Waals surface area contributed by atoms with E-state index in [2.05, 4.69) is 48.6 Å². The second kappa shape index (κ2) is 6.18. The summed E-state index contributed by atoms with van der Waals surface area (Å²) in [6, 6.07) is 4.15. The van der Waals surface area contributed by atoms with Crippen LogP contribution in [0.4, 0.5) is 0 Å². The number of thiophene rings is 1. The van der Waals surface area contributed by atoms with Gasteiger partial charge in [0.1, 0.15) is 0 Å². The summed E-state index contributed by atoms with van der Waals surface area (Å²) in [5, 5.41) is 7.10. The lowest BCUT2D eigenvalue weighted by Crippen LogP contribution is -2.27. The highest BCUT2D eigenvalue weighted by atomic mass is 32.1. The lowest BCUT2D eigenvalue weighted by atomic mass is 9.92. The Balaban J connectivity index is 1.97. The van der Waals surface area contributed by atoms with Crippen molar-refractivity contribution in [3.8, 4) is 11.1 Å². The fourth-order valence-corrected chi connectivity index (χ4v) is 2.58. The number of nitrogens with zero attached hydrogens (tertiary/aromatic N) is 1. The maximum absolute atomic E-state index is 11.8. The van der Waals surface area contributed by atoms with E-state index in [0.29, 0.717) is 13.0 Å². The number of aromatic nitrogens is 1. The number of carbonyl (C=O) groups excluding carboxylic acids is 1. The Bertz CT molecular complexity index is 570. The van der Waals surface area contributed by atoms with Gasteiger partial charge in [-0.05, 0) is 39.4 Å². The molecular formula is C16H20N2OS. The number of hydrogen-bond donors (Lipinski definition) is 1. The second-order valence-electron chi connectivity index (χ2n) is 6.11. The molecule has 2 rings (SSSR count). The molecule has 0 fully saturated rings. The predicted octanol–water partition coefficient (Wildman–Crippen LogP) is 3.86. The molecule has 0 saturated carbocycles. The Morgan fingerprint density at radius 1 is 1.30 bits per heavy atom. The number of amides is 1. The molecule has 0 aliphatic heterocycles. The first kappa shape index (κ1) is 14.7. The van der Waals surface area contributed by atoms with Gasteiger partial charge in [0, 0.05) is 30.9 Å². The zero-order valence-corrected chi connectivity index (χ0v) is 13.0. The summed E-state index contributed by atoms with van der Waals surface area (Å²) in [7, 11) is 0. The molecule has 0 saturated heterocycles.